The van der Waals surface area contributed by atoms with Crippen LogP contribution in [0.15, 0.2) is 4.99 Å². The van der Waals surface area contributed by atoms with Gasteiger partial charge in [0.05, 0.1) is 12.7 Å². The Hall–Kier alpha value is -0.650. The van der Waals surface area contributed by atoms with Crippen LogP contribution in [0.2, 0.25) is 0 Å². The number of hydrogen-bond acceptors (Lipinski definition) is 5. The molecular weight excluding hydrogens is 186 g/mol. The van der Waals surface area contributed by atoms with Gasteiger partial charge in [0.15, 0.2) is 5.90 Å². The van der Waals surface area contributed by atoms with E-state index in [4.69, 9.17) is 9.84 Å². The molecular formula is C9H15NO4. The fraction of sp³-hybridized carbons (Fsp3) is 0.889. The summed E-state index contributed by atoms with van der Waals surface area (Å²) in [6, 6.07) is -0.347. The van der Waals surface area contributed by atoms with Crippen molar-refractivity contribution in [3.63, 3.8) is 0 Å². The van der Waals surface area contributed by atoms with Crippen LogP contribution in [0.4, 0.5) is 0 Å². The van der Waals surface area contributed by atoms with Gasteiger partial charge in [-0.1, -0.05) is 0 Å². The van der Waals surface area contributed by atoms with Gasteiger partial charge in [-0.2, -0.15) is 0 Å². The molecule has 0 bridgehead atoms. The molecule has 5 nitrogen and oxygen atoms in total. The molecule has 0 aromatic carbocycles. The van der Waals surface area contributed by atoms with Crippen LogP contribution >= 0.6 is 0 Å². The zero-order chi connectivity index (χ0) is 10.1. The van der Waals surface area contributed by atoms with Crippen LogP contribution in [-0.2, 0) is 4.74 Å². The maximum atomic E-state index is 9.63. The number of rotatable bonds is 2. The van der Waals surface area contributed by atoms with Crippen molar-refractivity contribution < 1.29 is 20.1 Å². The second-order valence-electron chi connectivity index (χ2n) is 3.78. The van der Waals surface area contributed by atoms with Gasteiger partial charge in [0.25, 0.3) is 0 Å². The van der Waals surface area contributed by atoms with Crippen molar-refractivity contribution in [1.29, 1.82) is 0 Å². The molecule has 1 aliphatic carbocycles. The number of ether oxygens (including phenoxy) is 1. The first kappa shape index (κ1) is 9.89. The third kappa shape index (κ3) is 1.63. The van der Waals surface area contributed by atoms with Crippen LogP contribution in [0.1, 0.15) is 19.3 Å². The van der Waals surface area contributed by atoms with Crippen LogP contribution in [0.25, 0.3) is 0 Å². The van der Waals surface area contributed by atoms with Gasteiger partial charge < -0.3 is 20.1 Å². The number of hydrogen-bond donors (Lipinski definition) is 3. The van der Waals surface area contributed by atoms with Crippen molar-refractivity contribution in [3.05, 3.63) is 0 Å². The summed E-state index contributed by atoms with van der Waals surface area (Å²) in [5.74, 6) is 0.496. The largest absolute Gasteiger partial charge is 0.475 e. The maximum Gasteiger partial charge on any atom is 0.186 e. The molecule has 0 radical (unpaired) electrons. The van der Waals surface area contributed by atoms with Crippen LogP contribution in [0.5, 0.6) is 0 Å². The summed E-state index contributed by atoms with van der Waals surface area (Å²) in [7, 11) is 0. The fourth-order valence-corrected chi connectivity index (χ4v) is 2.00. The molecule has 3 N–H and O–H groups in total. The van der Waals surface area contributed by atoms with Crippen molar-refractivity contribution >= 4 is 5.90 Å². The first-order valence-electron chi connectivity index (χ1n) is 4.92. The highest BCUT2D eigenvalue weighted by atomic mass is 16.5. The third-order valence-corrected chi connectivity index (χ3v) is 2.78. The summed E-state index contributed by atoms with van der Waals surface area (Å²) in [5, 5.41) is 27.8. The highest BCUT2D eigenvalue weighted by Gasteiger charge is 2.42. The van der Waals surface area contributed by atoms with Crippen LogP contribution < -0.4 is 0 Å². The molecule has 0 spiro atoms. The van der Waals surface area contributed by atoms with Crippen molar-refractivity contribution in [2.75, 3.05) is 6.61 Å². The minimum Gasteiger partial charge on any atom is -0.475 e. The lowest BCUT2D eigenvalue weighted by Gasteiger charge is -2.31. The predicted molar refractivity (Wildman–Crippen MR) is 49.0 cm³/mol. The van der Waals surface area contributed by atoms with E-state index in [0.29, 0.717) is 25.2 Å². The Morgan fingerprint density at radius 2 is 2.14 bits per heavy atom. The lowest BCUT2D eigenvalue weighted by molar-refractivity contribution is -0.0502. The molecule has 80 valence electrons. The van der Waals surface area contributed by atoms with Gasteiger partial charge in [-0.15, -0.1) is 0 Å². The molecule has 1 saturated carbocycles. The van der Waals surface area contributed by atoms with Gasteiger partial charge in [0, 0.05) is 6.42 Å². The Labute approximate surface area is 82.0 Å². The smallest absolute Gasteiger partial charge is 0.186 e. The van der Waals surface area contributed by atoms with Gasteiger partial charge >= 0.3 is 0 Å². The molecule has 2 rings (SSSR count). The minimum atomic E-state index is -0.829. The Morgan fingerprint density at radius 3 is 2.86 bits per heavy atom. The summed E-state index contributed by atoms with van der Waals surface area (Å²) < 4.78 is 5.44. The summed E-state index contributed by atoms with van der Waals surface area (Å²) in [5.41, 5.74) is 0. The third-order valence-electron chi connectivity index (χ3n) is 2.78. The molecule has 0 amide bonds. The molecule has 2 unspecified atom stereocenters. The van der Waals surface area contributed by atoms with Crippen molar-refractivity contribution in [1.82, 2.24) is 0 Å². The second kappa shape index (κ2) is 3.84. The molecule has 4 atom stereocenters. The minimum absolute atomic E-state index is 0.00305. The number of aliphatic hydroxyl groups excluding tert-OH is 3. The predicted octanol–water partition coefficient (Wildman–Crippen LogP) is -0.950. The molecule has 0 saturated heterocycles. The van der Waals surface area contributed by atoms with E-state index in [0.717, 1.165) is 0 Å². The van der Waals surface area contributed by atoms with Crippen LogP contribution in [-0.4, -0.2) is 52.2 Å². The molecule has 0 aromatic heterocycles. The van der Waals surface area contributed by atoms with E-state index >= 15 is 0 Å². The van der Waals surface area contributed by atoms with E-state index in [9.17, 15) is 10.2 Å². The average molecular weight is 201 g/mol. The van der Waals surface area contributed by atoms with Gasteiger partial charge in [-0.25, -0.2) is 4.99 Å². The fourth-order valence-electron chi connectivity index (χ4n) is 2.00. The molecule has 1 fully saturated rings. The van der Waals surface area contributed by atoms with E-state index in [-0.39, 0.29) is 18.8 Å². The normalized spacial score (nSPS) is 41.5. The Kier molecular flexibility index (Phi) is 2.71. The molecule has 14 heavy (non-hydrogen) atoms. The SMILES string of the molecule is OCCC1=NC2[C@H](O)C(O)CC[C@@H]2O1. The van der Waals surface area contributed by atoms with Crippen molar-refractivity contribution in [2.45, 2.75) is 43.6 Å². The molecule has 2 aliphatic rings. The highest BCUT2D eigenvalue weighted by molar-refractivity contribution is 5.78. The van der Waals surface area contributed by atoms with Crippen LogP contribution in [0, 0.1) is 0 Å². The second-order valence-corrected chi connectivity index (χ2v) is 3.78. The zero-order valence-electron chi connectivity index (χ0n) is 7.83. The molecule has 0 aromatic rings. The number of aliphatic imine (C=N–C) groups is 1. The molecule has 5 heteroatoms. The first-order chi connectivity index (χ1) is 6.72. The quantitative estimate of drug-likeness (QED) is 0.538. The topological polar surface area (TPSA) is 82.3 Å². The number of aliphatic hydroxyl groups is 3. The summed E-state index contributed by atoms with van der Waals surface area (Å²) in [6.07, 6.45) is -0.00142. The summed E-state index contributed by atoms with van der Waals surface area (Å²) in [4.78, 5) is 4.16. The van der Waals surface area contributed by atoms with E-state index in [1.165, 1.54) is 0 Å². The monoisotopic (exact) mass is 201 g/mol. The number of nitrogens with zero attached hydrogens (tertiary/aromatic N) is 1. The van der Waals surface area contributed by atoms with E-state index in [1.807, 2.05) is 0 Å². The standard InChI is InChI=1S/C9H15NO4/c11-4-3-7-10-8-6(14-7)2-1-5(12)9(8)13/h5-6,8-9,11-13H,1-4H2/t5?,6-,8?,9+/m0/s1. The van der Waals surface area contributed by atoms with E-state index < -0.39 is 12.2 Å². The van der Waals surface area contributed by atoms with Crippen molar-refractivity contribution in [2.24, 2.45) is 4.99 Å². The Balaban J connectivity index is 2.05. The molecule has 1 heterocycles. The van der Waals surface area contributed by atoms with E-state index in [2.05, 4.69) is 4.99 Å². The number of fused-ring (bicyclic) bond motifs is 1. The van der Waals surface area contributed by atoms with Gasteiger partial charge in [-0.3, -0.25) is 0 Å². The lowest BCUT2D eigenvalue weighted by Crippen LogP contribution is -2.46. The van der Waals surface area contributed by atoms with Crippen molar-refractivity contribution in [3.8, 4) is 0 Å². The van der Waals surface area contributed by atoms with Gasteiger partial charge in [0.1, 0.15) is 18.2 Å². The Morgan fingerprint density at radius 1 is 1.36 bits per heavy atom. The maximum absolute atomic E-state index is 9.63. The molecule has 1 aliphatic heterocycles. The van der Waals surface area contributed by atoms with E-state index in [1.54, 1.807) is 0 Å². The average Bonchev–Trinajstić information content (AvgIpc) is 2.56. The highest BCUT2D eigenvalue weighted by Crippen LogP contribution is 2.29. The summed E-state index contributed by atoms with van der Waals surface area (Å²) >= 11 is 0. The summed E-state index contributed by atoms with van der Waals surface area (Å²) in [6.45, 7) is -0.00305. The first-order valence-corrected chi connectivity index (χ1v) is 4.92. The van der Waals surface area contributed by atoms with Crippen LogP contribution in [0.3, 0.4) is 0 Å². The Bertz CT molecular complexity index is 243. The van der Waals surface area contributed by atoms with Gasteiger partial charge in [-0.05, 0) is 12.8 Å². The van der Waals surface area contributed by atoms with Gasteiger partial charge in [0.2, 0.25) is 0 Å². The lowest BCUT2D eigenvalue weighted by atomic mass is 9.88. The zero-order valence-corrected chi connectivity index (χ0v) is 7.83.